The van der Waals surface area contributed by atoms with Crippen molar-refractivity contribution in [3.05, 3.63) is 35.7 Å². The van der Waals surface area contributed by atoms with Crippen molar-refractivity contribution >= 4 is 17.8 Å². The third-order valence-electron chi connectivity index (χ3n) is 2.60. The van der Waals surface area contributed by atoms with E-state index in [2.05, 4.69) is 10.1 Å². The first kappa shape index (κ1) is 13.6. The number of hydrogen-bond acceptors (Lipinski definition) is 5. The molecule has 0 aliphatic heterocycles. The van der Waals surface area contributed by atoms with Crippen LogP contribution in [0.4, 0.5) is 5.69 Å². The van der Waals surface area contributed by atoms with Gasteiger partial charge in [-0.2, -0.15) is 5.10 Å². The molecule has 0 aliphatic carbocycles. The van der Waals surface area contributed by atoms with Crippen LogP contribution in [0.25, 0.3) is 0 Å². The van der Waals surface area contributed by atoms with Crippen molar-refractivity contribution in [2.75, 3.05) is 7.11 Å². The average Bonchev–Trinajstić information content (AvgIpc) is 2.79. The van der Waals surface area contributed by atoms with E-state index in [-0.39, 0.29) is 11.4 Å². The summed E-state index contributed by atoms with van der Waals surface area (Å²) in [6, 6.07) is 4.79. The van der Waals surface area contributed by atoms with Crippen molar-refractivity contribution in [2.45, 2.75) is 0 Å². The first-order valence-electron chi connectivity index (χ1n) is 5.75. The van der Waals surface area contributed by atoms with Crippen LogP contribution in [0.1, 0.15) is 16.1 Å². The quantitative estimate of drug-likeness (QED) is 0.811. The molecule has 0 saturated heterocycles. The van der Waals surface area contributed by atoms with E-state index in [1.807, 2.05) is 0 Å². The Labute approximate surface area is 115 Å². The summed E-state index contributed by atoms with van der Waals surface area (Å²) in [5.41, 5.74) is 6.42. The minimum Gasteiger partial charge on any atom is -0.504 e. The maximum Gasteiger partial charge on any atom is 0.271 e. The van der Waals surface area contributed by atoms with Crippen LogP contribution in [0.2, 0.25) is 0 Å². The lowest BCUT2D eigenvalue weighted by atomic mass is 10.2. The van der Waals surface area contributed by atoms with Gasteiger partial charge in [0.25, 0.3) is 5.91 Å². The number of aromatic nitrogens is 2. The molecule has 1 aromatic heterocycles. The average molecular weight is 274 g/mol. The summed E-state index contributed by atoms with van der Waals surface area (Å²) in [6.07, 6.45) is 3.12. The minimum atomic E-state index is -0.638. The third kappa shape index (κ3) is 2.77. The van der Waals surface area contributed by atoms with Gasteiger partial charge in [0.05, 0.1) is 13.3 Å². The second-order valence-electron chi connectivity index (χ2n) is 4.09. The number of amides is 1. The fraction of sp³-hybridized carbons (Fsp3) is 0.154. The lowest BCUT2D eigenvalue weighted by molar-refractivity contribution is 0.0995. The molecule has 0 unspecified atom stereocenters. The number of nitrogens with two attached hydrogens (primary N) is 1. The Kier molecular flexibility index (Phi) is 3.69. The van der Waals surface area contributed by atoms with E-state index in [9.17, 15) is 9.90 Å². The standard InChI is InChI=1S/C13H14N4O3/c1-17-7-9(12(16-17)13(14)19)15-6-8-3-4-10(18)11(5-8)20-2/h3-7,18H,1-2H3,(H2,14,19). The summed E-state index contributed by atoms with van der Waals surface area (Å²) in [7, 11) is 3.14. The number of hydrogen-bond donors (Lipinski definition) is 2. The largest absolute Gasteiger partial charge is 0.504 e. The van der Waals surface area contributed by atoms with Crippen LogP contribution in [0.15, 0.2) is 29.4 Å². The van der Waals surface area contributed by atoms with Crippen molar-refractivity contribution in [1.82, 2.24) is 9.78 Å². The van der Waals surface area contributed by atoms with Gasteiger partial charge in [-0.15, -0.1) is 0 Å². The van der Waals surface area contributed by atoms with Gasteiger partial charge in [-0.1, -0.05) is 0 Å². The molecule has 7 heteroatoms. The van der Waals surface area contributed by atoms with Gasteiger partial charge in [0, 0.05) is 13.3 Å². The molecule has 0 atom stereocenters. The maximum atomic E-state index is 11.2. The molecule has 0 fully saturated rings. The Morgan fingerprint density at radius 2 is 2.30 bits per heavy atom. The molecule has 1 amide bonds. The number of carbonyl (C=O) groups is 1. The van der Waals surface area contributed by atoms with E-state index in [0.717, 1.165) is 0 Å². The highest BCUT2D eigenvalue weighted by Gasteiger charge is 2.11. The zero-order chi connectivity index (χ0) is 14.7. The molecule has 0 bridgehead atoms. The molecule has 1 heterocycles. The first-order valence-corrected chi connectivity index (χ1v) is 5.75. The fourth-order valence-electron chi connectivity index (χ4n) is 1.66. The van der Waals surface area contributed by atoms with Gasteiger partial charge >= 0.3 is 0 Å². The second kappa shape index (κ2) is 5.43. The number of carbonyl (C=O) groups excluding carboxylic acids is 1. The molecule has 1 aromatic carbocycles. The molecule has 104 valence electrons. The van der Waals surface area contributed by atoms with Gasteiger partial charge < -0.3 is 15.6 Å². The lowest BCUT2D eigenvalue weighted by Crippen LogP contribution is -2.12. The topological polar surface area (TPSA) is 103 Å². The predicted octanol–water partition coefficient (Wildman–Crippen LogP) is 0.984. The lowest BCUT2D eigenvalue weighted by Gasteiger charge is -2.03. The van der Waals surface area contributed by atoms with E-state index in [1.54, 1.807) is 25.4 Å². The number of aryl methyl sites for hydroxylation is 1. The van der Waals surface area contributed by atoms with Crippen molar-refractivity contribution in [3.63, 3.8) is 0 Å². The van der Waals surface area contributed by atoms with Crippen LogP contribution >= 0.6 is 0 Å². The van der Waals surface area contributed by atoms with Gasteiger partial charge in [-0.05, 0) is 23.8 Å². The van der Waals surface area contributed by atoms with Crippen molar-refractivity contribution in [2.24, 2.45) is 17.8 Å². The Bertz CT molecular complexity index is 676. The smallest absolute Gasteiger partial charge is 0.271 e. The monoisotopic (exact) mass is 274 g/mol. The minimum absolute atomic E-state index is 0.0452. The number of phenolic OH excluding ortho intramolecular Hbond substituents is 1. The van der Waals surface area contributed by atoms with E-state index in [4.69, 9.17) is 10.5 Å². The predicted molar refractivity (Wildman–Crippen MR) is 73.6 cm³/mol. The van der Waals surface area contributed by atoms with E-state index in [1.165, 1.54) is 24.1 Å². The molecule has 0 aliphatic rings. The van der Waals surface area contributed by atoms with Crippen molar-refractivity contribution in [1.29, 1.82) is 0 Å². The number of primary amides is 1. The third-order valence-corrected chi connectivity index (χ3v) is 2.60. The van der Waals surface area contributed by atoms with Crippen LogP contribution < -0.4 is 10.5 Å². The molecule has 7 nitrogen and oxygen atoms in total. The van der Waals surface area contributed by atoms with E-state index >= 15 is 0 Å². The molecule has 2 rings (SSSR count). The Balaban J connectivity index is 2.32. The van der Waals surface area contributed by atoms with Crippen molar-refractivity contribution < 1.29 is 14.6 Å². The van der Waals surface area contributed by atoms with Crippen LogP contribution in [-0.2, 0) is 7.05 Å². The number of aliphatic imine (C=N–C) groups is 1. The number of ether oxygens (including phenoxy) is 1. The number of phenols is 1. The molecule has 20 heavy (non-hydrogen) atoms. The zero-order valence-electron chi connectivity index (χ0n) is 11.1. The first-order chi connectivity index (χ1) is 9.51. The summed E-state index contributed by atoms with van der Waals surface area (Å²) in [5, 5.41) is 13.4. The molecular formula is C13H14N4O3. The summed E-state index contributed by atoms with van der Waals surface area (Å²) in [5.74, 6) is -0.250. The Hall–Kier alpha value is -2.83. The summed E-state index contributed by atoms with van der Waals surface area (Å²) in [6.45, 7) is 0. The van der Waals surface area contributed by atoms with Gasteiger partial charge in [-0.3, -0.25) is 14.5 Å². The number of rotatable bonds is 4. The summed E-state index contributed by atoms with van der Waals surface area (Å²) < 4.78 is 6.46. The molecule has 3 N–H and O–H groups in total. The normalized spacial score (nSPS) is 10.9. The van der Waals surface area contributed by atoms with Crippen LogP contribution in [-0.4, -0.2) is 34.1 Å². The highest BCUT2D eigenvalue weighted by atomic mass is 16.5. The molecule has 0 radical (unpaired) electrons. The SMILES string of the molecule is COc1cc(C=Nc2cn(C)nc2C(N)=O)ccc1O. The Morgan fingerprint density at radius 3 is 2.95 bits per heavy atom. The number of benzene rings is 1. The van der Waals surface area contributed by atoms with Gasteiger partial charge in [-0.25, -0.2) is 0 Å². The number of aromatic hydroxyl groups is 1. The molecule has 0 saturated carbocycles. The fourth-order valence-corrected chi connectivity index (χ4v) is 1.66. The van der Waals surface area contributed by atoms with Gasteiger partial charge in [0.15, 0.2) is 17.2 Å². The highest BCUT2D eigenvalue weighted by Crippen LogP contribution is 2.26. The number of nitrogens with zero attached hydrogens (tertiary/aromatic N) is 3. The second-order valence-corrected chi connectivity index (χ2v) is 4.09. The van der Waals surface area contributed by atoms with Crippen LogP contribution in [0.3, 0.4) is 0 Å². The zero-order valence-corrected chi connectivity index (χ0v) is 11.1. The summed E-state index contributed by atoms with van der Waals surface area (Å²) in [4.78, 5) is 15.4. The van der Waals surface area contributed by atoms with E-state index < -0.39 is 5.91 Å². The Morgan fingerprint density at radius 1 is 1.55 bits per heavy atom. The van der Waals surface area contributed by atoms with Gasteiger partial charge in [0.1, 0.15) is 5.69 Å². The maximum absolute atomic E-state index is 11.2. The van der Waals surface area contributed by atoms with E-state index in [0.29, 0.717) is 17.0 Å². The molecular weight excluding hydrogens is 260 g/mol. The van der Waals surface area contributed by atoms with Crippen LogP contribution in [0.5, 0.6) is 11.5 Å². The summed E-state index contributed by atoms with van der Waals surface area (Å²) >= 11 is 0. The van der Waals surface area contributed by atoms with Crippen LogP contribution in [0, 0.1) is 0 Å². The number of methoxy groups -OCH3 is 1. The molecule has 2 aromatic rings. The highest BCUT2D eigenvalue weighted by molar-refractivity contribution is 5.97. The molecule has 0 spiro atoms. The van der Waals surface area contributed by atoms with Crippen molar-refractivity contribution in [3.8, 4) is 11.5 Å². The van der Waals surface area contributed by atoms with Gasteiger partial charge in [0.2, 0.25) is 0 Å².